The van der Waals surface area contributed by atoms with Crippen LogP contribution in [0.4, 0.5) is 17.1 Å². The van der Waals surface area contributed by atoms with Gasteiger partial charge in [-0.05, 0) is 133 Å². The van der Waals surface area contributed by atoms with Crippen molar-refractivity contribution in [3.8, 4) is 22.8 Å². The number of halogens is 3. The number of ketones is 1. The fraction of sp³-hybridized carbons (Fsp3) is 0.169. The van der Waals surface area contributed by atoms with E-state index < -0.39 is 9.85 Å². The average molecular weight is 1250 g/mol. The van der Waals surface area contributed by atoms with Gasteiger partial charge in [-0.2, -0.15) is 0 Å². The molecule has 1 saturated heterocycles. The standard InChI is InChI=1S/C31H30N2O4.C14H10BrNO4.C7H6BrNO2.C7H5BrO2/c1-20(23-7-4-3-5-8-23)31(36)33-16-6-9-27(33)28(35)18-22-10-15-29-25(17-22)19-30(37-29)24-11-13-26(14-12-24)32-21(2)34;15-12-3-6-14(11(7-12)8-17)20-9-10-1-4-13(5-2-10)16(18)19;8-5-6-1-3-7(4-2-6)9(10)11;8-6-1-2-7(10)5(3-6)4-9/h3-5,7-8,10-15,17,19-20,27H,6,9,16,18H2,1-2H3,(H,32,34);1-8H,9H2;1-4H,5H2;1-4,10H/t20-,27?;;;/m1.../s1. The van der Waals surface area contributed by atoms with E-state index in [-0.39, 0.29) is 59.7 Å². The number of Topliss-reactive ketones (excluding diaryl/α,β-unsaturated/α-hetero) is 1. The van der Waals surface area contributed by atoms with Gasteiger partial charge in [0, 0.05) is 75.1 Å². The van der Waals surface area contributed by atoms with Crippen molar-refractivity contribution in [3.63, 3.8) is 0 Å². The Morgan fingerprint density at radius 3 is 1.92 bits per heavy atom. The summed E-state index contributed by atoms with van der Waals surface area (Å²) in [5, 5.41) is 34.1. The number of alkyl halides is 1. The highest BCUT2D eigenvalue weighted by Crippen LogP contribution is 2.31. The zero-order valence-electron chi connectivity index (χ0n) is 42.1. The number of carbonyl (C=O) groups is 5. The average Bonchev–Trinajstić information content (AvgIpc) is 4.13. The van der Waals surface area contributed by atoms with Gasteiger partial charge in [0.1, 0.15) is 29.4 Å². The lowest BCUT2D eigenvalue weighted by Crippen LogP contribution is -2.43. The first kappa shape index (κ1) is 59.1. The van der Waals surface area contributed by atoms with Crippen LogP contribution in [0.1, 0.15) is 75.6 Å². The molecule has 2 heterocycles. The minimum Gasteiger partial charge on any atom is -0.507 e. The Hall–Kier alpha value is -8.13. The van der Waals surface area contributed by atoms with Crippen molar-refractivity contribution in [2.24, 2.45) is 0 Å². The smallest absolute Gasteiger partial charge is 0.269 e. The summed E-state index contributed by atoms with van der Waals surface area (Å²) in [6, 6.07) is 46.9. The molecule has 16 nitrogen and oxygen atoms in total. The molecule has 78 heavy (non-hydrogen) atoms. The molecule has 19 heteroatoms. The number of aromatic hydroxyl groups is 1. The first-order valence-corrected chi connectivity index (χ1v) is 26.8. The number of non-ortho nitro benzene ring substituents is 2. The van der Waals surface area contributed by atoms with Gasteiger partial charge in [-0.1, -0.05) is 96.3 Å². The van der Waals surface area contributed by atoms with Crippen molar-refractivity contribution in [1.82, 2.24) is 4.90 Å². The number of hydrogen-bond donors (Lipinski definition) is 2. The second-order valence-corrected chi connectivity index (χ2v) is 20.0. The van der Waals surface area contributed by atoms with Crippen molar-refractivity contribution in [2.45, 2.75) is 57.0 Å². The van der Waals surface area contributed by atoms with E-state index in [2.05, 4.69) is 53.1 Å². The summed E-state index contributed by atoms with van der Waals surface area (Å²) in [6.07, 6.45) is 3.15. The van der Waals surface area contributed by atoms with Crippen molar-refractivity contribution in [2.75, 3.05) is 11.9 Å². The van der Waals surface area contributed by atoms with E-state index in [9.17, 15) is 44.2 Å². The number of anilines is 1. The molecular formula is C59H51Br3N4O12. The fourth-order valence-electron chi connectivity index (χ4n) is 8.03. The third-order valence-electron chi connectivity index (χ3n) is 12.1. The number of likely N-dealkylation sites (tertiary alicyclic amines) is 1. The summed E-state index contributed by atoms with van der Waals surface area (Å²) >= 11 is 9.69. The summed E-state index contributed by atoms with van der Waals surface area (Å²) in [4.78, 5) is 80.6. The van der Waals surface area contributed by atoms with E-state index in [4.69, 9.17) is 14.3 Å². The van der Waals surface area contributed by atoms with E-state index in [0.717, 1.165) is 77.2 Å². The largest absolute Gasteiger partial charge is 0.507 e. The SMILES string of the molecule is CC(=O)Nc1ccc(-c2cc3cc(CC(=O)C4CCCN4C(=O)[C@H](C)c4ccccc4)ccc3o2)cc1.O=Cc1cc(Br)ccc1O.O=Cc1cc(Br)ccc1OCc1ccc([N+](=O)[O-])cc1.O=[N+]([O-])c1ccc(CBr)cc1. The Bertz CT molecular complexity index is 3390. The van der Waals surface area contributed by atoms with Gasteiger partial charge >= 0.3 is 0 Å². The van der Waals surface area contributed by atoms with Crippen LogP contribution in [0, 0.1) is 20.2 Å². The molecule has 0 spiro atoms. The number of amides is 2. The number of furan rings is 1. The van der Waals surface area contributed by atoms with E-state index in [1.165, 1.54) is 37.3 Å². The molecule has 2 amide bonds. The maximum atomic E-state index is 13.3. The van der Waals surface area contributed by atoms with Crippen LogP contribution in [0.5, 0.6) is 11.5 Å². The molecule has 0 aliphatic carbocycles. The van der Waals surface area contributed by atoms with Crippen LogP contribution in [-0.2, 0) is 32.7 Å². The number of nitro groups is 2. The van der Waals surface area contributed by atoms with Gasteiger partial charge in [0.2, 0.25) is 11.8 Å². The van der Waals surface area contributed by atoms with Gasteiger partial charge in [0.25, 0.3) is 11.4 Å². The summed E-state index contributed by atoms with van der Waals surface area (Å²) in [5.41, 5.74) is 6.98. The number of aldehydes is 2. The molecule has 400 valence electrons. The molecular weight excluding hydrogens is 1200 g/mol. The Morgan fingerprint density at radius 1 is 0.756 bits per heavy atom. The minimum atomic E-state index is -0.455. The highest BCUT2D eigenvalue weighted by molar-refractivity contribution is 9.10. The van der Waals surface area contributed by atoms with Gasteiger partial charge in [-0.25, -0.2) is 0 Å². The van der Waals surface area contributed by atoms with Gasteiger partial charge < -0.3 is 24.5 Å². The second kappa shape index (κ2) is 28.8. The molecule has 1 aromatic heterocycles. The zero-order valence-corrected chi connectivity index (χ0v) is 46.8. The van der Waals surface area contributed by atoms with Gasteiger partial charge in [0.05, 0.1) is 32.9 Å². The van der Waals surface area contributed by atoms with Gasteiger partial charge in [0.15, 0.2) is 18.4 Å². The Labute approximate surface area is 474 Å². The summed E-state index contributed by atoms with van der Waals surface area (Å²) < 4.78 is 13.2. The van der Waals surface area contributed by atoms with Crippen molar-refractivity contribution < 1.29 is 48.1 Å². The van der Waals surface area contributed by atoms with Crippen molar-refractivity contribution in [3.05, 3.63) is 226 Å². The number of fused-ring (bicyclic) bond motifs is 1. The molecule has 1 fully saturated rings. The van der Waals surface area contributed by atoms with Crippen LogP contribution >= 0.6 is 47.8 Å². The number of carbonyl (C=O) groups excluding carboxylic acids is 5. The fourth-order valence-corrected chi connectivity index (χ4v) is 9.16. The van der Waals surface area contributed by atoms with Gasteiger partial charge in [-0.3, -0.25) is 44.2 Å². The van der Waals surface area contributed by atoms with E-state index in [1.807, 2.05) is 85.8 Å². The van der Waals surface area contributed by atoms with Crippen LogP contribution in [0.3, 0.4) is 0 Å². The number of nitro benzene ring substituents is 2. The topological polar surface area (TPSA) is 229 Å². The zero-order chi connectivity index (χ0) is 56.3. The second-order valence-electron chi connectivity index (χ2n) is 17.6. The molecule has 1 unspecified atom stereocenters. The van der Waals surface area contributed by atoms with E-state index in [1.54, 1.807) is 59.5 Å². The summed E-state index contributed by atoms with van der Waals surface area (Å²) in [5.74, 6) is 0.899. The highest BCUT2D eigenvalue weighted by atomic mass is 79.9. The monoisotopic (exact) mass is 1240 g/mol. The maximum Gasteiger partial charge on any atom is 0.269 e. The molecule has 0 bridgehead atoms. The predicted octanol–water partition coefficient (Wildman–Crippen LogP) is 14.2. The van der Waals surface area contributed by atoms with Gasteiger partial charge in [-0.15, -0.1) is 0 Å². The Morgan fingerprint density at radius 2 is 1.35 bits per heavy atom. The number of benzene rings is 7. The normalized spacial score (nSPS) is 12.7. The van der Waals surface area contributed by atoms with Crippen LogP contribution in [0.15, 0.2) is 177 Å². The molecule has 8 aromatic rings. The number of phenols is 1. The third kappa shape index (κ3) is 16.9. The predicted molar refractivity (Wildman–Crippen MR) is 308 cm³/mol. The molecule has 2 N–H and O–H groups in total. The quantitative estimate of drug-likeness (QED) is 0.0423. The minimum absolute atomic E-state index is 0.0122. The van der Waals surface area contributed by atoms with Crippen LogP contribution in [-0.4, -0.2) is 62.6 Å². The Balaban J connectivity index is 0.000000198. The molecule has 0 saturated carbocycles. The molecule has 1 aliphatic rings. The molecule has 2 atom stereocenters. The number of rotatable bonds is 15. The summed E-state index contributed by atoms with van der Waals surface area (Å²) in [7, 11) is 0. The molecule has 7 aromatic carbocycles. The lowest BCUT2D eigenvalue weighted by molar-refractivity contribution is -0.385. The first-order chi connectivity index (χ1) is 37.5. The molecule has 9 rings (SSSR count). The number of phenolic OH excluding ortho intramolecular Hbond substituents is 1. The first-order valence-electron chi connectivity index (χ1n) is 24.1. The van der Waals surface area contributed by atoms with E-state index in [0.29, 0.717) is 36.1 Å². The van der Waals surface area contributed by atoms with Crippen LogP contribution in [0.25, 0.3) is 22.3 Å². The van der Waals surface area contributed by atoms with Crippen LogP contribution in [0.2, 0.25) is 0 Å². The number of nitrogens with one attached hydrogen (secondary N) is 1. The van der Waals surface area contributed by atoms with Crippen LogP contribution < -0.4 is 10.1 Å². The highest BCUT2D eigenvalue weighted by Gasteiger charge is 2.36. The lowest BCUT2D eigenvalue weighted by Gasteiger charge is -2.27. The van der Waals surface area contributed by atoms with Crippen molar-refractivity contribution in [1.29, 1.82) is 0 Å². The summed E-state index contributed by atoms with van der Waals surface area (Å²) in [6.45, 7) is 4.25. The van der Waals surface area contributed by atoms with E-state index >= 15 is 0 Å². The lowest BCUT2D eigenvalue weighted by atomic mass is 9.97. The molecule has 1 aliphatic heterocycles. The number of nitrogens with zero attached hydrogens (tertiary/aromatic N) is 3. The number of ether oxygens (including phenoxy) is 1. The Kier molecular flexibility index (Phi) is 21.9. The third-order valence-corrected chi connectivity index (χ3v) is 13.7. The molecule has 0 radical (unpaired) electrons. The maximum absolute atomic E-state index is 13.3. The number of hydrogen-bond acceptors (Lipinski definition) is 12. The van der Waals surface area contributed by atoms with Crippen molar-refractivity contribution >= 4 is 106 Å².